The summed E-state index contributed by atoms with van der Waals surface area (Å²) in [4.78, 5) is 52.0. The zero-order valence-electron chi connectivity index (χ0n) is 20.5. The van der Waals surface area contributed by atoms with Crippen LogP contribution in [0.3, 0.4) is 0 Å². The minimum atomic E-state index is -3.67. The summed E-state index contributed by atoms with van der Waals surface area (Å²) in [6, 6.07) is 4.85. The number of nitrogens with one attached hydrogen (secondary N) is 3. The van der Waals surface area contributed by atoms with E-state index in [1.807, 2.05) is 0 Å². The molecule has 1 aromatic carbocycles. The minimum Gasteiger partial charge on any atom is -0.341 e. The normalized spacial score (nSPS) is 13.2. The molecule has 1 aliphatic rings. The maximum absolute atomic E-state index is 13.0. The monoisotopic (exact) mass is 535 g/mol. The molecule has 5 amide bonds. The topological polar surface area (TPSA) is 145 Å². The molecular formula is C23H29N5O6S2. The number of rotatable bonds is 7. The van der Waals surface area contributed by atoms with Crippen LogP contribution in [0.2, 0.25) is 0 Å². The van der Waals surface area contributed by atoms with Gasteiger partial charge in [0.1, 0.15) is 5.00 Å². The lowest BCUT2D eigenvalue weighted by molar-refractivity contribution is -0.129. The summed E-state index contributed by atoms with van der Waals surface area (Å²) >= 11 is 1.17. The number of imide groups is 1. The lowest BCUT2D eigenvalue weighted by Gasteiger charge is -2.26. The van der Waals surface area contributed by atoms with E-state index in [-0.39, 0.29) is 26.9 Å². The predicted octanol–water partition coefficient (Wildman–Crippen LogP) is 2.00. The summed E-state index contributed by atoms with van der Waals surface area (Å²) in [5.74, 6) is -1.31. The van der Waals surface area contributed by atoms with Gasteiger partial charge in [0.25, 0.3) is 11.8 Å². The molecule has 194 valence electrons. The van der Waals surface area contributed by atoms with Crippen LogP contribution in [-0.4, -0.2) is 68.1 Å². The Morgan fingerprint density at radius 2 is 1.69 bits per heavy atom. The second kappa shape index (κ2) is 11.2. The lowest BCUT2D eigenvalue weighted by Crippen LogP contribution is -2.39. The Balaban J connectivity index is 1.91. The molecule has 1 aromatic heterocycles. The Bertz CT molecular complexity index is 1280. The Hall–Kier alpha value is -3.29. The van der Waals surface area contributed by atoms with E-state index in [2.05, 4.69) is 16.0 Å². The molecule has 36 heavy (non-hydrogen) atoms. The molecule has 11 nitrogen and oxygen atoms in total. The third kappa shape index (κ3) is 5.58. The van der Waals surface area contributed by atoms with E-state index in [0.717, 1.165) is 4.88 Å². The number of benzene rings is 1. The third-order valence-electron chi connectivity index (χ3n) is 5.87. The van der Waals surface area contributed by atoms with E-state index < -0.39 is 27.9 Å². The first-order valence-corrected chi connectivity index (χ1v) is 13.6. The quantitative estimate of drug-likeness (QED) is 0.495. The summed E-state index contributed by atoms with van der Waals surface area (Å²) in [5, 5.41) is 7.52. The van der Waals surface area contributed by atoms with Gasteiger partial charge in [-0.2, -0.15) is 4.31 Å². The molecule has 3 rings (SSSR count). The van der Waals surface area contributed by atoms with Crippen molar-refractivity contribution in [2.75, 3.05) is 32.0 Å². The molecule has 0 radical (unpaired) electrons. The van der Waals surface area contributed by atoms with Gasteiger partial charge in [-0.05, 0) is 36.2 Å². The van der Waals surface area contributed by atoms with E-state index in [0.29, 0.717) is 38.2 Å². The number of carbonyl (C=O) groups is 4. The molecule has 2 heterocycles. The highest BCUT2D eigenvalue weighted by Gasteiger charge is 2.30. The number of amides is 5. The van der Waals surface area contributed by atoms with Crippen LogP contribution in [0.1, 0.15) is 51.9 Å². The van der Waals surface area contributed by atoms with Crippen molar-refractivity contribution < 1.29 is 27.6 Å². The lowest BCUT2D eigenvalue weighted by atomic mass is 10.0. The van der Waals surface area contributed by atoms with Crippen molar-refractivity contribution in [3.63, 3.8) is 0 Å². The van der Waals surface area contributed by atoms with Gasteiger partial charge in [0.2, 0.25) is 15.9 Å². The van der Waals surface area contributed by atoms with Crippen LogP contribution in [0.5, 0.6) is 0 Å². The second-order valence-electron chi connectivity index (χ2n) is 8.00. The number of thiophene rings is 1. The van der Waals surface area contributed by atoms with Gasteiger partial charge in [-0.1, -0.05) is 13.8 Å². The molecule has 0 atom stereocenters. The summed E-state index contributed by atoms with van der Waals surface area (Å²) < 4.78 is 26.7. The van der Waals surface area contributed by atoms with Gasteiger partial charge in [-0.3, -0.25) is 19.7 Å². The SMILES string of the molecule is CCN(CC)S(=O)(=O)c1ccc(C(=O)Nc2sc3c(c2C(=O)NC(=O)NC)CCN(C(C)=O)C3)cc1. The molecular weight excluding hydrogens is 506 g/mol. The average Bonchev–Trinajstić information content (AvgIpc) is 3.21. The van der Waals surface area contributed by atoms with Crippen molar-refractivity contribution in [1.29, 1.82) is 0 Å². The Morgan fingerprint density at radius 1 is 1.06 bits per heavy atom. The number of sulfonamides is 1. The highest BCUT2D eigenvalue weighted by Crippen LogP contribution is 2.37. The van der Waals surface area contributed by atoms with Crippen LogP contribution in [0.25, 0.3) is 0 Å². The van der Waals surface area contributed by atoms with Gasteiger partial charge >= 0.3 is 6.03 Å². The van der Waals surface area contributed by atoms with Crippen LogP contribution in [-0.2, 0) is 27.8 Å². The fraction of sp³-hybridized carbons (Fsp3) is 0.391. The fourth-order valence-electron chi connectivity index (χ4n) is 3.89. The molecule has 3 N–H and O–H groups in total. The highest BCUT2D eigenvalue weighted by atomic mass is 32.2. The minimum absolute atomic E-state index is 0.0734. The summed E-state index contributed by atoms with van der Waals surface area (Å²) in [6.07, 6.45) is 0.399. The Morgan fingerprint density at radius 3 is 2.25 bits per heavy atom. The van der Waals surface area contributed by atoms with Crippen molar-refractivity contribution in [3.05, 3.63) is 45.8 Å². The van der Waals surface area contributed by atoms with Crippen LogP contribution >= 0.6 is 11.3 Å². The summed E-state index contributed by atoms with van der Waals surface area (Å²) in [7, 11) is -2.29. The van der Waals surface area contributed by atoms with E-state index >= 15 is 0 Å². The van der Waals surface area contributed by atoms with E-state index in [1.165, 1.54) is 53.9 Å². The molecule has 2 aromatic rings. The number of hydrogen-bond acceptors (Lipinski definition) is 7. The Labute approximate surface area is 213 Å². The van der Waals surface area contributed by atoms with Crippen molar-refractivity contribution >= 4 is 50.1 Å². The number of fused-ring (bicyclic) bond motifs is 1. The predicted molar refractivity (Wildman–Crippen MR) is 136 cm³/mol. The molecule has 0 bridgehead atoms. The van der Waals surface area contributed by atoms with Crippen molar-refractivity contribution in [2.45, 2.75) is 38.6 Å². The smallest absolute Gasteiger partial charge is 0.321 e. The van der Waals surface area contributed by atoms with Gasteiger partial charge in [-0.25, -0.2) is 13.2 Å². The zero-order valence-corrected chi connectivity index (χ0v) is 22.1. The average molecular weight is 536 g/mol. The number of carbonyl (C=O) groups excluding carboxylic acids is 4. The number of anilines is 1. The number of urea groups is 1. The molecule has 0 aliphatic carbocycles. The van der Waals surface area contributed by atoms with E-state index in [9.17, 15) is 27.6 Å². The van der Waals surface area contributed by atoms with Gasteiger partial charge in [0.05, 0.1) is 17.0 Å². The molecule has 0 fully saturated rings. The van der Waals surface area contributed by atoms with Gasteiger partial charge < -0.3 is 15.5 Å². The zero-order chi connectivity index (χ0) is 26.6. The highest BCUT2D eigenvalue weighted by molar-refractivity contribution is 7.89. The van der Waals surface area contributed by atoms with Gasteiger partial charge in [-0.15, -0.1) is 11.3 Å². The number of hydrogen-bond donors (Lipinski definition) is 3. The summed E-state index contributed by atoms with van der Waals surface area (Å²) in [6.45, 7) is 6.31. The first-order chi connectivity index (χ1) is 17.0. The van der Waals surface area contributed by atoms with Crippen molar-refractivity contribution in [2.24, 2.45) is 0 Å². The molecule has 0 saturated carbocycles. The molecule has 0 saturated heterocycles. The van der Waals surface area contributed by atoms with E-state index in [4.69, 9.17) is 0 Å². The largest absolute Gasteiger partial charge is 0.341 e. The van der Waals surface area contributed by atoms with Crippen LogP contribution in [0, 0.1) is 0 Å². The molecule has 13 heteroatoms. The maximum Gasteiger partial charge on any atom is 0.321 e. The first kappa shape index (κ1) is 27.3. The van der Waals surface area contributed by atoms with Crippen LogP contribution in [0.4, 0.5) is 9.80 Å². The standard InChI is InChI=1S/C23H29N5O6S2/c1-5-28(6-2)36(33,34)16-9-7-15(8-10-16)20(30)25-22-19(21(31)26-23(32)24-4)17-11-12-27(14(3)29)13-18(17)35-22/h7-10H,5-6,11-13H2,1-4H3,(H,25,30)(H2,24,26,31,32). The van der Waals surface area contributed by atoms with Crippen LogP contribution < -0.4 is 16.0 Å². The van der Waals surface area contributed by atoms with Gasteiger partial charge in [0, 0.05) is 44.0 Å². The molecule has 0 spiro atoms. The van der Waals surface area contributed by atoms with Crippen molar-refractivity contribution in [3.8, 4) is 0 Å². The molecule has 0 unspecified atom stereocenters. The van der Waals surface area contributed by atoms with Crippen LogP contribution in [0.15, 0.2) is 29.2 Å². The second-order valence-corrected chi connectivity index (χ2v) is 11.0. The maximum atomic E-state index is 13.0. The number of nitrogens with zero attached hydrogens (tertiary/aromatic N) is 2. The van der Waals surface area contributed by atoms with E-state index in [1.54, 1.807) is 18.7 Å². The molecule has 1 aliphatic heterocycles. The fourth-order valence-corrected chi connectivity index (χ4v) is 6.61. The summed E-state index contributed by atoms with van der Waals surface area (Å²) in [5.41, 5.74) is 1.05. The van der Waals surface area contributed by atoms with Crippen molar-refractivity contribution in [1.82, 2.24) is 19.8 Å². The van der Waals surface area contributed by atoms with Gasteiger partial charge in [0.15, 0.2) is 0 Å². The Kier molecular flexibility index (Phi) is 8.48. The first-order valence-electron chi connectivity index (χ1n) is 11.4. The third-order valence-corrected chi connectivity index (χ3v) is 9.07.